The van der Waals surface area contributed by atoms with Crippen LogP contribution in [-0.2, 0) is 13.5 Å². The Hall–Kier alpha value is -1.88. The minimum absolute atomic E-state index is 0.174. The Kier molecular flexibility index (Phi) is 4.52. The van der Waals surface area contributed by atoms with E-state index in [0.717, 1.165) is 30.6 Å². The number of nitrogens with two attached hydrogens (primary N) is 1. The molecule has 2 heterocycles. The summed E-state index contributed by atoms with van der Waals surface area (Å²) < 4.78 is 1.82. The molecule has 3 N–H and O–H groups in total. The van der Waals surface area contributed by atoms with Gasteiger partial charge < -0.3 is 11.1 Å². The first-order valence-electron chi connectivity index (χ1n) is 6.63. The van der Waals surface area contributed by atoms with E-state index in [-0.39, 0.29) is 6.04 Å². The van der Waals surface area contributed by atoms with E-state index in [1.54, 1.807) is 6.20 Å². The summed E-state index contributed by atoms with van der Waals surface area (Å²) in [7, 11) is 1.93. The molecule has 0 spiro atoms. The number of nitrogen functional groups attached to an aromatic ring is 1. The second-order valence-electron chi connectivity index (χ2n) is 4.67. The molecule has 0 saturated heterocycles. The fourth-order valence-electron chi connectivity index (χ4n) is 2.06. The zero-order valence-corrected chi connectivity index (χ0v) is 11.5. The number of hydrogen-bond acceptors (Lipinski definition) is 4. The van der Waals surface area contributed by atoms with Crippen LogP contribution < -0.4 is 11.1 Å². The maximum atomic E-state index is 5.92. The highest BCUT2D eigenvalue weighted by Crippen LogP contribution is 2.19. The summed E-state index contributed by atoms with van der Waals surface area (Å²) in [5.74, 6) is 0.599. The second kappa shape index (κ2) is 6.33. The maximum absolute atomic E-state index is 5.92. The van der Waals surface area contributed by atoms with Gasteiger partial charge in [-0.15, -0.1) is 0 Å². The highest BCUT2D eigenvalue weighted by Gasteiger charge is 2.15. The number of nitrogens with zero attached hydrogens (tertiary/aromatic N) is 3. The van der Waals surface area contributed by atoms with Crippen LogP contribution in [0.5, 0.6) is 0 Å². The van der Waals surface area contributed by atoms with Crippen LogP contribution in [0.2, 0.25) is 0 Å². The lowest BCUT2D eigenvalue weighted by Gasteiger charge is -2.17. The fraction of sp³-hybridized carbons (Fsp3) is 0.429. The van der Waals surface area contributed by atoms with Crippen LogP contribution in [0.25, 0.3) is 0 Å². The number of hydrogen-bond donors (Lipinski definition) is 2. The largest absolute Gasteiger partial charge is 0.383 e. The van der Waals surface area contributed by atoms with E-state index in [1.807, 2.05) is 36.1 Å². The van der Waals surface area contributed by atoms with Crippen molar-refractivity contribution >= 4 is 5.82 Å². The van der Waals surface area contributed by atoms with Crippen LogP contribution in [-0.4, -0.2) is 21.3 Å². The maximum Gasteiger partial charge on any atom is 0.126 e. The fourth-order valence-corrected chi connectivity index (χ4v) is 2.06. The number of pyridine rings is 1. The Morgan fingerprint density at radius 3 is 2.89 bits per heavy atom. The van der Waals surface area contributed by atoms with Crippen molar-refractivity contribution in [3.8, 4) is 0 Å². The van der Waals surface area contributed by atoms with Gasteiger partial charge in [0.2, 0.25) is 0 Å². The second-order valence-corrected chi connectivity index (χ2v) is 4.67. The van der Waals surface area contributed by atoms with E-state index in [9.17, 15) is 0 Å². The average molecular weight is 259 g/mol. The molecule has 5 heteroatoms. The van der Waals surface area contributed by atoms with Crippen molar-refractivity contribution < 1.29 is 0 Å². The third-order valence-corrected chi connectivity index (χ3v) is 3.08. The van der Waals surface area contributed by atoms with Crippen molar-refractivity contribution in [1.82, 2.24) is 20.1 Å². The van der Waals surface area contributed by atoms with Gasteiger partial charge in [-0.2, -0.15) is 5.10 Å². The molecule has 0 aromatic carbocycles. The minimum atomic E-state index is 0.174. The molecule has 0 fully saturated rings. The SMILES string of the molecule is CCCNC(Cc1cccnc1N)c1ccn(C)n1. The van der Waals surface area contributed by atoms with Gasteiger partial charge in [0.25, 0.3) is 0 Å². The third-order valence-electron chi connectivity index (χ3n) is 3.08. The highest BCUT2D eigenvalue weighted by atomic mass is 15.3. The Morgan fingerprint density at radius 1 is 1.42 bits per heavy atom. The zero-order chi connectivity index (χ0) is 13.7. The molecular formula is C14H21N5. The van der Waals surface area contributed by atoms with Gasteiger partial charge in [0, 0.05) is 19.4 Å². The van der Waals surface area contributed by atoms with Gasteiger partial charge in [0.15, 0.2) is 0 Å². The number of nitrogens with one attached hydrogen (secondary N) is 1. The lowest BCUT2D eigenvalue weighted by atomic mass is 10.0. The predicted molar refractivity (Wildman–Crippen MR) is 76.6 cm³/mol. The lowest BCUT2D eigenvalue weighted by molar-refractivity contribution is 0.511. The van der Waals surface area contributed by atoms with Crippen molar-refractivity contribution in [3.05, 3.63) is 41.9 Å². The standard InChI is InChI=1S/C14H21N5/c1-3-7-16-13(12-6-9-19(2)18-12)10-11-5-4-8-17-14(11)15/h4-6,8-9,13,16H,3,7,10H2,1-2H3,(H2,15,17). The molecule has 19 heavy (non-hydrogen) atoms. The normalized spacial score (nSPS) is 12.5. The highest BCUT2D eigenvalue weighted by molar-refractivity contribution is 5.39. The van der Waals surface area contributed by atoms with E-state index < -0.39 is 0 Å². The van der Waals surface area contributed by atoms with Crippen LogP contribution in [0.3, 0.4) is 0 Å². The molecule has 0 radical (unpaired) electrons. The third kappa shape index (κ3) is 3.54. The molecule has 0 amide bonds. The van der Waals surface area contributed by atoms with Gasteiger partial charge >= 0.3 is 0 Å². The van der Waals surface area contributed by atoms with Crippen molar-refractivity contribution in [2.75, 3.05) is 12.3 Å². The minimum Gasteiger partial charge on any atom is -0.383 e. The van der Waals surface area contributed by atoms with Crippen molar-refractivity contribution in [1.29, 1.82) is 0 Å². The molecule has 0 aliphatic heterocycles. The summed E-state index contributed by atoms with van der Waals surface area (Å²) in [6, 6.07) is 6.15. The molecule has 0 bridgehead atoms. The lowest BCUT2D eigenvalue weighted by Crippen LogP contribution is -2.25. The van der Waals surface area contributed by atoms with E-state index in [2.05, 4.69) is 22.3 Å². The first-order chi connectivity index (χ1) is 9.20. The molecule has 0 saturated carbocycles. The smallest absolute Gasteiger partial charge is 0.126 e. The van der Waals surface area contributed by atoms with Gasteiger partial charge in [0.05, 0.1) is 11.7 Å². The van der Waals surface area contributed by atoms with Gasteiger partial charge in [0.1, 0.15) is 5.82 Å². The summed E-state index contributed by atoms with van der Waals surface area (Å²) in [5.41, 5.74) is 8.01. The van der Waals surface area contributed by atoms with Gasteiger partial charge in [-0.1, -0.05) is 13.0 Å². The molecule has 5 nitrogen and oxygen atoms in total. The van der Waals surface area contributed by atoms with E-state index >= 15 is 0 Å². The number of rotatable bonds is 6. The first kappa shape index (κ1) is 13.5. The Bertz CT molecular complexity index is 520. The van der Waals surface area contributed by atoms with Crippen LogP contribution in [0.15, 0.2) is 30.6 Å². The predicted octanol–water partition coefficient (Wildman–Crippen LogP) is 1.68. The summed E-state index contributed by atoms with van der Waals surface area (Å²) in [6.07, 6.45) is 5.57. The van der Waals surface area contributed by atoms with Crippen molar-refractivity contribution in [3.63, 3.8) is 0 Å². The summed E-state index contributed by atoms with van der Waals surface area (Å²) in [5, 5.41) is 8.00. The van der Waals surface area contributed by atoms with E-state index in [1.165, 1.54) is 0 Å². The number of aryl methyl sites for hydroxylation is 1. The number of anilines is 1. The van der Waals surface area contributed by atoms with Gasteiger partial charge in [-0.3, -0.25) is 4.68 Å². The molecule has 2 aromatic rings. The van der Waals surface area contributed by atoms with Crippen LogP contribution >= 0.6 is 0 Å². The van der Waals surface area contributed by atoms with Crippen LogP contribution in [0.1, 0.15) is 30.6 Å². The quantitative estimate of drug-likeness (QED) is 0.828. The van der Waals surface area contributed by atoms with E-state index in [4.69, 9.17) is 5.73 Å². The monoisotopic (exact) mass is 259 g/mol. The molecule has 2 aromatic heterocycles. The van der Waals surface area contributed by atoms with Gasteiger partial charge in [-0.25, -0.2) is 4.98 Å². The van der Waals surface area contributed by atoms with Gasteiger partial charge in [-0.05, 0) is 37.1 Å². The Morgan fingerprint density at radius 2 is 2.26 bits per heavy atom. The Labute approximate surface area is 113 Å². The molecule has 0 aliphatic carbocycles. The summed E-state index contributed by atoms with van der Waals surface area (Å²) in [4.78, 5) is 4.14. The van der Waals surface area contributed by atoms with Crippen molar-refractivity contribution in [2.45, 2.75) is 25.8 Å². The summed E-state index contributed by atoms with van der Waals surface area (Å²) in [6.45, 7) is 3.11. The topological polar surface area (TPSA) is 68.8 Å². The van der Waals surface area contributed by atoms with Crippen LogP contribution in [0.4, 0.5) is 5.82 Å². The first-order valence-corrected chi connectivity index (χ1v) is 6.63. The molecule has 0 aliphatic rings. The average Bonchev–Trinajstić information content (AvgIpc) is 2.83. The Balaban J connectivity index is 2.16. The number of aromatic nitrogens is 3. The molecule has 1 atom stereocenters. The van der Waals surface area contributed by atoms with Crippen molar-refractivity contribution in [2.24, 2.45) is 7.05 Å². The van der Waals surface area contributed by atoms with E-state index in [0.29, 0.717) is 5.82 Å². The summed E-state index contributed by atoms with van der Waals surface area (Å²) >= 11 is 0. The molecule has 2 rings (SSSR count). The molecule has 102 valence electrons. The zero-order valence-electron chi connectivity index (χ0n) is 11.5. The van der Waals surface area contributed by atoms with Crippen LogP contribution in [0, 0.1) is 0 Å². The molecule has 1 unspecified atom stereocenters. The molecular weight excluding hydrogens is 238 g/mol.